The van der Waals surface area contributed by atoms with Crippen molar-refractivity contribution in [2.24, 2.45) is 11.7 Å². The maximum absolute atomic E-state index is 6.08. The zero-order valence-electron chi connectivity index (χ0n) is 10.9. The smallest absolute Gasteiger partial charge is 0.115 e. The van der Waals surface area contributed by atoms with Gasteiger partial charge in [0.1, 0.15) is 6.33 Å². The van der Waals surface area contributed by atoms with Gasteiger partial charge in [0.2, 0.25) is 0 Å². The van der Waals surface area contributed by atoms with Crippen molar-refractivity contribution in [1.29, 1.82) is 0 Å². The highest BCUT2D eigenvalue weighted by atomic mass is 14.8. The highest BCUT2D eigenvalue weighted by molar-refractivity contribution is 5.61. The van der Waals surface area contributed by atoms with Crippen LogP contribution < -0.4 is 5.73 Å². The lowest BCUT2D eigenvalue weighted by Gasteiger charge is -2.15. The van der Waals surface area contributed by atoms with Crippen LogP contribution in [0.5, 0.6) is 0 Å². The fraction of sp³-hybridized carbons (Fsp3) is 0.333. The molecular formula is C15H19N3. The van der Waals surface area contributed by atoms with Gasteiger partial charge in [0, 0.05) is 24.0 Å². The quantitative estimate of drug-likeness (QED) is 0.895. The first-order chi connectivity index (χ1) is 8.66. The molecule has 1 atom stereocenters. The highest BCUT2D eigenvalue weighted by Gasteiger charge is 2.08. The van der Waals surface area contributed by atoms with Gasteiger partial charge >= 0.3 is 0 Å². The minimum absolute atomic E-state index is 0.218. The molecule has 3 nitrogen and oxygen atoms in total. The first-order valence-electron chi connectivity index (χ1n) is 6.26. The van der Waals surface area contributed by atoms with E-state index in [9.17, 15) is 0 Å². The molecule has 0 fully saturated rings. The Morgan fingerprint density at radius 2 is 1.61 bits per heavy atom. The predicted octanol–water partition coefficient (Wildman–Crippen LogP) is 2.67. The lowest BCUT2D eigenvalue weighted by Crippen LogP contribution is -2.28. The van der Waals surface area contributed by atoms with Gasteiger partial charge in [-0.15, -0.1) is 0 Å². The van der Waals surface area contributed by atoms with Crippen LogP contribution in [0.1, 0.15) is 19.4 Å². The number of nitrogens with zero attached hydrogens (tertiary/aromatic N) is 2. The molecule has 94 valence electrons. The van der Waals surface area contributed by atoms with Gasteiger partial charge in [0.05, 0.1) is 0 Å². The molecule has 2 rings (SSSR count). The molecule has 0 radical (unpaired) electrons. The van der Waals surface area contributed by atoms with Crippen molar-refractivity contribution in [1.82, 2.24) is 9.97 Å². The standard InChI is InChI=1S/C15H19N3/c1-11(2)15(16)7-12-3-5-13(6-4-12)14-8-17-10-18-9-14/h3-6,8-11,15H,7,16H2,1-2H3. The molecule has 3 heteroatoms. The lowest BCUT2D eigenvalue weighted by atomic mass is 9.96. The van der Waals surface area contributed by atoms with Crippen molar-refractivity contribution in [3.63, 3.8) is 0 Å². The largest absolute Gasteiger partial charge is 0.327 e. The summed E-state index contributed by atoms with van der Waals surface area (Å²) in [5, 5.41) is 0. The Balaban J connectivity index is 2.11. The van der Waals surface area contributed by atoms with Crippen LogP contribution in [0.3, 0.4) is 0 Å². The van der Waals surface area contributed by atoms with Gasteiger partial charge in [-0.3, -0.25) is 0 Å². The third-order valence-corrected chi connectivity index (χ3v) is 3.18. The van der Waals surface area contributed by atoms with Crippen LogP contribution in [0.4, 0.5) is 0 Å². The van der Waals surface area contributed by atoms with Crippen molar-refractivity contribution in [2.45, 2.75) is 26.3 Å². The van der Waals surface area contributed by atoms with E-state index in [1.807, 2.05) is 12.4 Å². The van der Waals surface area contributed by atoms with E-state index in [0.29, 0.717) is 5.92 Å². The molecule has 1 unspecified atom stereocenters. The molecule has 2 N–H and O–H groups in total. The third kappa shape index (κ3) is 3.14. The number of aromatic nitrogens is 2. The van der Waals surface area contributed by atoms with E-state index in [2.05, 4.69) is 48.1 Å². The maximum atomic E-state index is 6.08. The normalized spacial score (nSPS) is 12.7. The molecule has 1 heterocycles. The van der Waals surface area contributed by atoms with Crippen LogP contribution in [0.25, 0.3) is 11.1 Å². The topological polar surface area (TPSA) is 51.8 Å². The van der Waals surface area contributed by atoms with E-state index in [-0.39, 0.29) is 6.04 Å². The molecule has 1 aromatic carbocycles. The number of hydrogen-bond acceptors (Lipinski definition) is 3. The predicted molar refractivity (Wildman–Crippen MR) is 74.0 cm³/mol. The van der Waals surface area contributed by atoms with E-state index in [4.69, 9.17) is 5.73 Å². The van der Waals surface area contributed by atoms with Gasteiger partial charge in [-0.05, 0) is 23.5 Å². The first-order valence-corrected chi connectivity index (χ1v) is 6.26. The van der Waals surface area contributed by atoms with E-state index < -0.39 is 0 Å². The summed E-state index contributed by atoms with van der Waals surface area (Å²) >= 11 is 0. The summed E-state index contributed by atoms with van der Waals surface area (Å²) in [6.07, 6.45) is 6.10. The Bertz CT molecular complexity index is 477. The molecule has 0 saturated carbocycles. The Morgan fingerprint density at radius 3 is 2.17 bits per heavy atom. The van der Waals surface area contributed by atoms with Gasteiger partial charge in [-0.2, -0.15) is 0 Å². The summed E-state index contributed by atoms with van der Waals surface area (Å²) in [5.41, 5.74) is 9.53. The number of rotatable bonds is 4. The SMILES string of the molecule is CC(C)C(N)Cc1ccc(-c2cncnc2)cc1. The first kappa shape index (κ1) is 12.7. The number of benzene rings is 1. The molecule has 0 spiro atoms. The van der Waals surface area contributed by atoms with E-state index in [0.717, 1.165) is 17.5 Å². The maximum Gasteiger partial charge on any atom is 0.115 e. The third-order valence-electron chi connectivity index (χ3n) is 3.18. The second-order valence-electron chi connectivity index (χ2n) is 4.94. The molecule has 1 aromatic heterocycles. The fourth-order valence-electron chi connectivity index (χ4n) is 1.79. The molecule has 18 heavy (non-hydrogen) atoms. The molecule has 0 saturated heterocycles. The van der Waals surface area contributed by atoms with Crippen LogP contribution in [0.15, 0.2) is 43.0 Å². The minimum Gasteiger partial charge on any atom is -0.327 e. The van der Waals surface area contributed by atoms with Crippen LogP contribution in [0.2, 0.25) is 0 Å². The summed E-state index contributed by atoms with van der Waals surface area (Å²) in [5.74, 6) is 0.507. The average molecular weight is 241 g/mol. The van der Waals surface area contributed by atoms with Gasteiger partial charge in [0.15, 0.2) is 0 Å². The number of hydrogen-bond donors (Lipinski definition) is 1. The zero-order chi connectivity index (χ0) is 13.0. The second-order valence-corrected chi connectivity index (χ2v) is 4.94. The zero-order valence-corrected chi connectivity index (χ0v) is 10.9. The van der Waals surface area contributed by atoms with Gasteiger partial charge in [-0.25, -0.2) is 9.97 Å². The van der Waals surface area contributed by atoms with Crippen molar-refractivity contribution >= 4 is 0 Å². The van der Waals surface area contributed by atoms with Crippen molar-refractivity contribution in [2.75, 3.05) is 0 Å². The lowest BCUT2D eigenvalue weighted by molar-refractivity contribution is 0.490. The average Bonchev–Trinajstić information content (AvgIpc) is 2.40. The molecule has 2 aromatic rings. The molecule has 0 aliphatic heterocycles. The van der Waals surface area contributed by atoms with Crippen molar-refractivity contribution < 1.29 is 0 Å². The number of nitrogens with two attached hydrogens (primary N) is 1. The van der Waals surface area contributed by atoms with Crippen LogP contribution in [-0.4, -0.2) is 16.0 Å². The summed E-state index contributed by atoms with van der Waals surface area (Å²) in [7, 11) is 0. The van der Waals surface area contributed by atoms with E-state index in [1.165, 1.54) is 5.56 Å². The Kier molecular flexibility index (Phi) is 4.05. The van der Waals surface area contributed by atoms with Crippen molar-refractivity contribution in [3.05, 3.63) is 48.5 Å². The molecular weight excluding hydrogens is 222 g/mol. The second kappa shape index (κ2) is 5.74. The Hall–Kier alpha value is -1.74. The molecule has 0 aliphatic carbocycles. The highest BCUT2D eigenvalue weighted by Crippen LogP contribution is 2.18. The van der Waals surface area contributed by atoms with E-state index >= 15 is 0 Å². The molecule has 0 amide bonds. The summed E-state index contributed by atoms with van der Waals surface area (Å²) in [6, 6.07) is 8.67. The van der Waals surface area contributed by atoms with Crippen LogP contribution in [0, 0.1) is 5.92 Å². The Morgan fingerprint density at radius 1 is 1.00 bits per heavy atom. The Labute approximate surface area is 108 Å². The molecule has 0 aliphatic rings. The van der Waals surface area contributed by atoms with Crippen LogP contribution >= 0.6 is 0 Å². The van der Waals surface area contributed by atoms with Gasteiger partial charge in [0.25, 0.3) is 0 Å². The fourth-order valence-corrected chi connectivity index (χ4v) is 1.79. The summed E-state index contributed by atoms with van der Waals surface area (Å²) in [6.45, 7) is 4.31. The van der Waals surface area contributed by atoms with E-state index in [1.54, 1.807) is 6.33 Å². The van der Waals surface area contributed by atoms with Gasteiger partial charge in [-0.1, -0.05) is 38.1 Å². The van der Waals surface area contributed by atoms with Gasteiger partial charge < -0.3 is 5.73 Å². The van der Waals surface area contributed by atoms with Crippen molar-refractivity contribution in [3.8, 4) is 11.1 Å². The monoisotopic (exact) mass is 241 g/mol. The van der Waals surface area contributed by atoms with Crippen LogP contribution in [-0.2, 0) is 6.42 Å². The minimum atomic E-state index is 0.218. The molecule has 0 bridgehead atoms. The summed E-state index contributed by atoms with van der Waals surface area (Å²) in [4.78, 5) is 8.05. The summed E-state index contributed by atoms with van der Waals surface area (Å²) < 4.78 is 0.